The van der Waals surface area contributed by atoms with Crippen molar-refractivity contribution < 1.29 is 43.5 Å². The van der Waals surface area contributed by atoms with Crippen LogP contribution in [0.15, 0.2) is 11.6 Å². The number of hydrogen-bond acceptors (Lipinski definition) is 9. The number of rotatable bonds is 5. The van der Waals surface area contributed by atoms with Crippen molar-refractivity contribution in [2.75, 3.05) is 6.61 Å². The van der Waals surface area contributed by atoms with Gasteiger partial charge in [-0.1, -0.05) is 13.8 Å². The van der Waals surface area contributed by atoms with Gasteiger partial charge in [-0.3, -0.25) is 0 Å². The van der Waals surface area contributed by atoms with Gasteiger partial charge in [0.05, 0.1) is 34.9 Å². The summed E-state index contributed by atoms with van der Waals surface area (Å²) in [5, 5.41) is 24.7. The molecule has 2 N–H and O–H groups in total. The zero-order chi connectivity index (χ0) is 29.7. The molecule has 0 radical (unpaired) electrons. The molecule has 6 fully saturated rings. The number of aldehydes is 1. The number of carbonyl (C=O) groups is 2. The zero-order valence-electron chi connectivity index (χ0n) is 25.5. The van der Waals surface area contributed by atoms with Gasteiger partial charge in [0, 0.05) is 24.3 Å². The third-order valence-corrected chi connectivity index (χ3v) is 13.2. The first kappa shape index (κ1) is 29.4. The molecule has 0 aromatic heterocycles. The van der Waals surface area contributed by atoms with E-state index in [0.29, 0.717) is 51.6 Å². The van der Waals surface area contributed by atoms with Crippen molar-refractivity contribution in [2.45, 2.75) is 146 Å². The van der Waals surface area contributed by atoms with Crippen LogP contribution in [0.2, 0.25) is 0 Å². The Morgan fingerprint density at radius 3 is 2.55 bits per heavy atom. The molecular formula is C33H48O9. The molecule has 3 aliphatic heterocycles. The molecule has 0 aromatic carbocycles. The first-order chi connectivity index (χ1) is 19.9. The van der Waals surface area contributed by atoms with E-state index in [1.54, 1.807) is 6.08 Å². The highest BCUT2D eigenvalue weighted by Gasteiger charge is 2.71. The van der Waals surface area contributed by atoms with Crippen LogP contribution in [0.1, 0.15) is 98.3 Å². The predicted molar refractivity (Wildman–Crippen MR) is 150 cm³/mol. The Balaban J connectivity index is 1.07. The number of hydrogen-bond donors (Lipinski definition) is 2. The Hall–Kier alpha value is -1.36. The normalized spacial score (nSPS) is 55.2. The first-order valence-electron chi connectivity index (χ1n) is 16.3. The zero-order valence-corrected chi connectivity index (χ0v) is 25.5. The fourth-order valence-corrected chi connectivity index (χ4v) is 10.8. The molecule has 0 bridgehead atoms. The summed E-state index contributed by atoms with van der Waals surface area (Å²) in [6.45, 7) is 8.49. The molecule has 0 spiro atoms. The lowest BCUT2D eigenvalue weighted by Gasteiger charge is -2.65. The Kier molecular flexibility index (Phi) is 6.86. The van der Waals surface area contributed by atoms with Crippen LogP contribution in [0, 0.1) is 28.6 Å². The summed E-state index contributed by atoms with van der Waals surface area (Å²) >= 11 is 0. The van der Waals surface area contributed by atoms with Crippen LogP contribution in [0.5, 0.6) is 0 Å². The lowest BCUT2D eigenvalue weighted by Crippen LogP contribution is -2.69. The van der Waals surface area contributed by atoms with E-state index in [-0.39, 0.29) is 53.6 Å². The molecule has 4 saturated carbocycles. The van der Waals surface area contributed by atoms with Gasteiger partial charge >= 0.3 is 5.97 Å². The van der Waals surface area contributed by atoms with Gasteiger partial charge in [0.15, 0.2) is 12.1 Å². The van der Waals surface area contributed by atoms with Crippen molar-refractivity contribution in [2.24, 2.45) is 28.6 Å². The molecule has 0 aromatic rings. The van der Waals surface area contributed by atoms with Gasteiger partial charge in [0.1, 0.15) is 19.0 Å². The molecule has 2 saturated heterocycles. The maximum Gasteiger partial charge on any atom is 0.331 e. The number of ether oxygens (including phenoxy) is 5. The standard InChI is InChI=1S/C33H48O9/c1-5-30(4)41-25-15-27(39-19(2)28(25)42-30)40-21-6-11-31(18-34)23-7-10-29(3)22(20-14-26(35)38-17-20)9-13-33(29,37)24(23)8-12-32(31,36)16-21/h14,18-19,21-25,27-28,36-37H,5-13,15-17H2,1-4H3/t19-,21-,22+,23-,24+,25+,27-,28+,29+,30+,31-,32-,33-/m0/s1. The van der Waals surface area contributed by atoms with E-state index in [0.717, 1.165) is 37.5 Å². The van der Waals surface area contributed by atoms with Crippen LogP contribution in [0.25, 0.3) is 0 Å². The number of aliphatic hydroxyl groups is 2. The molecule has 0 amide bonds. The molecular weight excluding hydrogens is 540 g/mol. The third-order valence-electron chi connectivity index (χ3n) is 13.2. The minimum absolute atomic E-state index is 0.0744. The van der Waals surface area contributed by atoms with Crippen LogP contribution in [0.3, 0.4) is 0 Å². The van der Waals surface area contributed by atoms with Crippen molar-refractivity contribution in [3.05, 3.63) is 11.6 Å². The van der Waals surface area contributed by atoms with Crippen molar-refractivity contribution in [3.8, 4) is 0 Å². The minimum atomic E-state index is -1.19. The SMILES string of the molecule is CC[C@@]1(C)O[C@@H]2[C@H](C)O[C@@H](O[C@H]3CC[C@]4(C=O)[C@H]5CC[C@]6(C)[C@@H](C7=CC(=O)OC7)CC[C@]6(O)[C@@H]5CC[C@]4(O)C3)C[C@H]2O1. The fraction of sp³-hybridized carbons (Fsp3) is 0.879. The van der Waals surface area contributed by atoms with E-state index in [1.807, 2.05) is 20.8 Å². The third kappa shape index (κ3) is 4.02. The van der Waals surface area contributed by atoms with Crippen LogP contribution in [-0.4, -0.2) is 76.8 Å². The highest BCUT2D eigenvalue weighted by Crippen LogP contribution is 2.70. The second kappa shape index (κ2) is 9.82. The van der Waals surface area contributed by atoms with Gasteiger partial charge in [-0.15, -0.1) is 0 Å². The van der Waals surface area contributed by atoms with Gasteiger partial charge in [0.25, 0.3) is 0 Å². The second-order valence-corrected chi connectivity index (χ2v) is 15.0. The molecule has 0 unspecified atom stereocenters. The summed E-state index contributed by atoms with van der Waals surface area (Å²) in [7, 11) is 0. The lowest BCUT2D eigenvalue weighted by molar-refractivity contribution is -0.278. The van der Waals surface area contributed by atoms with Crippen LogP contribution in [-0.2, 0) is 33.3 Å². The smallest absolute Gasteiger partial charge is 0.331 e. The van der Waals surface area contributed by atoms with Gasteiger partial charge in [-0.25, -0.2) is 4.79 Å². The average Bonchev–Trinajstić information content (AvgIpc) is 3.61. The van der Waals surface area contributed by atoms with Crippen LogP contribution in [0.4, 0.5) is 0 Å². The van der Waals surface area contributed by atoms with Gasteiger partial charge in [-0.05, 0) is 95.0 Å². The molecule has 3 heterocycles. The molecule has 42 heavy (non-hydrogen) atoms. The van der Waals surface area contributed by atoms with E-state index < -0.39 is 28.7 Å². The molecule has 9 heteroatoms. The Morgan fingerprint density at radius 1 is 1.05 bits per heavy atom. The summed E-state index contributed by atoms with van der Waals surface area (Å²) in [5.41, 5.74) is -2.44. The van der Waals surface area contributed by atoms with Crippen molar-refractivity contribution in [1.29, 1.82) is 0 Å². The highest BCUT2D eigenvalue weighted by atomic mass is 16.8. The van der Waals surface area contributed by atoms with Crippen LogP contribution >= 0.6 is 0 Å². The molecule has 234 valence electrons. The molecule has 13 atom stereocenters. The Bertz CT molecular complexity index is 1160. The summed E-state index contributed by atoms with van der Waals surface area (Å²) in [5.74, 6) is -0.980. The monoisotopic (exact) mass is 588 g/mol. The maximum atomic E-state index is 13.1. The highest BCUT2D eigenvalue weighted by molar-refractivity contribution is 5.85. The van der Waals surface area contributed by atoms with Gasteiger partial charge < -0.3 is 38.7 Å². The Labute approximate surface area is 248 Å². The summed E-state index contributed by atoms with van der Waals surface area (Å²) < 4.78 is 30.4. The maximum absolute atomic E-state index is 13.1. The number of carbonyl (C=O) groups excluding carboxylic acids is 2. The summed E-state index contributed by atoms with van der Waals surface area (Å²) in [6.07, 6.45) is 8.56. The number of esters is 1. The van der Waals surface area contributed by atoms with Crippen molar-refractivity contribution >= 4 is 12.3 Å². The van der Waals surface area contributed by atoms with Crippen LogP contribution < -0.4 is 0 Å². The van der Waals surface area contributed by atoms with Crippen molar-refractivity contribution in [1.82, 2.24) is 0 Å². The molecule has 7 rings (SSSR count). The predicted octanol–water partition coefficient (Wildman–Crippen LogP) is 3.97. The largest absolute Gasteiger partial charge is 0.458 e. The topological polar surface area (TPSA) is 121 Å². The quantitative estimate of drug-likeness (QED) is 0.279. The molecule has 9 nitrogen and oxygen atoms in total. The van der Waals surface area contributed by atoms with E-state index in [1.165, 1.54) is 0 Å². The fourth-order valence-electron chi connectivity index (χ4n) is 10.8. The van der Waals surface area contributed by atoms with Crippen molar-refractivity contribution in [3.63, 3.8) is 0 Å². The average molecular weight is 589 g/mol. The lowest BCUT2D eigenvalue weighted by atomic mass is 9.41. The first-order valence-corrected chi connectivity index (χ1v) is 16.3. The molecule has 4 aliphatic carbocycles. The van der Waals surface area contributed by atoms with E-state index >= 15 is 0 Å². The summed E-state index contributed by atoms with van der Waals surface area (Å²) in [4.78, 5) is 25.0. The minimum Gasteiger partial charge on any atom is -0.458 e. The number of cyclic esters (lactones) is 1. The summed E-state index contributed by atoms with van der Waals surface area (Å²) in [6, 6.07) is 0. The number of fused-ring (bicyclic) bond motifs is 6. The van der Waals surface area contributed by atoms with Gasteiger partial charge in [-0.2, -0.15) is 0 Å². The van der Waals surface area contributed by atoms with E-state index in [2.05, 4.69) is 6.92 Å². The van der Waals surface area contributed by atoms with Gasteiger partial charge in [0.2, 0.25) is 0 Å². The van der Waals surface area contributed by atoms with E-state index in [4.69, 9.17) is 23.7 Å². The van der Waals surface area contributed by atoms with E-state index in [9.17, 15) is 19.8 Å². The molecule has 7 aliphatic rings. The second-order valence-electron chi connectivity index (χ2n) is 15.0. The Morgan fingerprint density at radius 2 is 1.83 bits per heavy atom.